The molecule has 0 fully saturated rings. The standard InChI is InChI=1S/C19H10ClF4N3/c20-14-7-12(3-6-15(14)21)16-10-27-17(8-26-18(27)9-25-16)11-1-4-13(5-2-11)19(22,23)24/h1-10H. The third kappa shape index (κ3) is 3.26. The van der Waals surface area contributed by atoms with Crippen molar-refractivity contribution in [2.45, 2.75) is 6.18 Å². The molecule has 136 valence electrons. The van der Waals surface area contributed by atoms with E-state index in [9.17, 15) is 17.6 Å². The number of halogens is 5. The lowest BCUT2D eigenvalue weighted by Gasteiger charge is -2.08. The Bertz CT molecular complexity index is 1130. The maximum absolute atomic E-state index is 13.4. The summed E-state index contributed by atoms with van der Waals surface area (Å²) in [4.78, 5) is 8.51. The van der Waals surface area contributed by atoms with Gasteiger partial charge in [-0.05, 0) is 30.3 Å². The molecule has 2 aromatic heterocycles. The Morgan fingerprint density at radius 2 is 1.59 bits per heavy atom. The molecule has 0 N–H and O–H groups in total. The van der Waals surface area contributed by atoms with Gasteiger partial charge in [-0.15, -0.1) is 0 Å². The zero-order valence-corrected chi connectivity index (χ0v) is 14.3. The molecule has 0 saturated carbocycles. The van der Waals surface area contributed by atoms with Gasteiger partial charge >= 0.3 is 6.18 Å². The third-order valence-electron chi connectivity index (χ3n) is 4.12. The van der Waals surface area contributed by atoms with Crippen LogP contribution in [0.25, 0.3) is 28.2 Å². The van der Waals surface area contributed by atoms with Crippen LogP contribution in [0.1, 0.15) is 5.56 Å². The molecule has 0 amide bonds. The molecule has 8 heteroatoms. The largest absolute Gasteiger partial charge is 0.416 e. The van der Waals surface area contributed by atoms with Crippen molar-refractivity contribution in [2.24, 2.45) is 0 Å². The summed E-state index contributed by atoms with van der Waals surface area (Å²) in [5.41, 5.74) is 2.12. The van der Waals surface area contributed by atoms with Crippen LogP contribution < -0.4 is 0 Å². The highest BCUT2D eigenvalue weighted by molar-refractivity contribution is 6.31. The summed E-state index contributed by atoms with van der Waals surface area (Å²) in [6.45, 7) is 0. The summed E-state index contributed by atoms with van der Waals surface area (Å²) in [6, 6.07) is 9.08. The van der Waals surface area contributed by atoms with Crippen molar-refractivity contribution in [3.05, 3.63) is 77.5 Å². The van der Waals surface area contributed by atoms with Gasteiger partial charge in [0, 0.05) is 17.3 Å². The third-order valence-corrected chi connectivity index (χ3v) is 4.41. The highest BCUT2D eigenvalue weighted by Gasteiger charge is 2.30. The van der Waals surface area contributed by atoms with Crippen LogP contribution in [0.2, 0.25) is 5.02 Å². The van der Waals surface area contributed by atoms with E-state index in [0.717, 1.165) is 12.1 Å². The van der Waals surface area contributed by atoms with Crippen molar-refractivity contribution in [2.75, 3.05) is 0 Å². The molecule has 0 atom stereocenters. The predicted octanol–water partition coefficient (Wildman–Crippen LogP) is 5.87. The summed E-state index contributed by atoms with van der Waals surface area (Å²) in [5.74, 6) is -0.533. The van der Waals surface area contributed by atoms with Gasteiger partial charge in [-0.3, -0.25) is 9.38 Å². The molecule has 0 spiro atoms. The molecule has 0 bridgehead atoms. The van der Waals surface area contributed by atoms with Crippen LogP contribution in [0, 0.1) is 5.82 Å². The average molecular weight is 392 g/mol. The van der Waals surface area contributed by atoms with E-state index in [1.54, 1.807) is 22.9 Å². The van der Waals surface area contributed by atoms with Crippen LogP contribution in [0.4, 0.5) is 17.6 Å². The lowest BCUT2D eigenvalue weighted by atomic mass is 10.1. The molecular weight excluding hydrogens is 382 g/mol. The molecule has 27 heavy (non-hydrogen) atoms. The van der Waals surface area contributed by atoms with Crippen molar-refractivity contribution >= 4 is 17.2 Å². The van der Waals surface area contributed by atoms with Gasteiger partial charge in [-0.2, -0.15) is 13.2 Å². The van der Waals surface area contributed by atoms with Gasteiger partial charge in [0.1, 0.15) is 5.82 Å². The number of fused-ring (bicyclic) bond motifs is 1. The molecule has 0 aliphatic heterocycles. The molecule has 4 rings (SSSR count). The van der Waals surface area contributed by atoms with Crippen LogP contribution in [0.15, 0.2) is 61.1 Å². The number of nitrogens with zero attached hydrogens (tertiary/aromatic N) is 3. The maximum atomic E-state index is 13.4. The van der Waals surface area contributed by atoms with Crippen molar-refractivity contribution in [1.29, 1.82) is 0 Å². The Morgan fingerprint density at radius 1 is 0.889 bits per heavy atom. The fraction of sp³-hybridized carbons (Fsp3) is 0.0526. The first kappa shape index (κ1) is 17.5. The smallest absolute Gasteiger partial charge is 0.296 e. The number of rotatable bonds is 2. The molecule has 0 unspecified atom stereocenters. The Labute approximate surface area is 155 Å². The van der Waals surface area contributed by atoms with Crippen molar-refractivity contribution in [3.63, 3.8) is 0 Å². The monoisotopic (exact) mass is 391 g/mol. The van der Waals surface area contributed by atoms with Gasteiger partial charge in [0.2, 0.25) is 0 Å². The second kappa shape index (κ2) is 6.35. The predicted molar refractivity (Wildman–Crippen MR) is 93.8 cm³/mol. The summed E-state index contributed by atoms with van der Waals surface area (Å²) < 4.78 is 53.3. The van der Waals surface area contributed by atoms with Crippen LogP contribution in [0.5, 0.6) is 0 Å². The summed E-state index contributed by atoms with van der Waals surface area (Å²) in [6.07, 6.45) is 0.372. The van der Waals surface area contributed by atoms with E-state index < -0.39 is 17.6 Å². The molecule has 2 aromatic carbocycles. The molecule has 0 aliphatic rings. The normalized spacial score (nSPS) is 11.9. The molecular formula is C19H10ClF4N3. The number of hydrogen-bond acceptors (Lipinski definition) is 2. The van der Waals surface area contributed by atoms with Crippen LogP contribution >= 0.6 is 11.6 Å². The molecule has 0 saturated heterocycles. The van der Waals surface area contributed by atoms with Gasteiger partial charge in [0.25, 0.3) is 0 Å². The number of aromatic nitrogens is 3. The molecule has 0 aliphatic carbocycles. The SMILES string of the molecule is Fc1ccc(-c2cn3c(-c4ccc(C(F)(F)F)cc4)cnc3cn2)cc1Cl. The first-order valence-corrected chi connectivity index (χ1v) is 8.17. The topological polar surface area (TPSA) is 30.2 Å². The van der Waals surface area contributed by atoms with Gasteiger partial charge in [0.05, 0.1) is 34.4 Å². The van der Waals surface area contributed by atoms with Gasteiger partial charge in [0.15, 0.2) is 5.65 Å². The van der Waals surface area contributed by atoms with E-state index >= 15 is 0 Å². The lowest BCUT2D eigenvalue weighted by molar-refractivity contribution is -0.137. The second-order valence-corrected chi connectivity index (χ2v) is 6.26. The number of benzene rings is 2. The highest BCUT2D eigenvalue weighted by Crippen LogP contribution is 2.31. The van der Waals surface area contributed by atoms with Crippen LogP contribution in [-0.2, 0) is 6.18 Å². The zero-order chi connectivity index (χ0) is 19.2. The average Bonchev–Trinajstić information content (AvgIpc) is 3.06. The minimum atomic E-state index is -4.39. The molecule has 4 aromatic rings. The fourth-order valence-electron chi connectivity index (χ4n) is 2.74. The van der Waals surface area contributed by atoms with E-state index in [2.05, 4.69) is 9.97 Å². The van der Waals surface area contributed by atoms with Gasteiger partial charge < -0.3 is 0 Å². The second-order valence-electron chi connectivity index (χ2n) is 5.85. The van der Waals surface area contributed by atoms with Crippen molar-refractivity contribution < 1.29 is 17.6 Å². The highest BCUT2D eigenvalue weighted by atomic mass is 35.5. The Morgan fingerprint density at radius 3 is 2.26 bits per heavy atom. The summed E-state index contributed by atoms with van der Waals surface area (Å²) in [7, 11) is 0. The molecule has 2 heterocycles. The minimum Gasteiger partial charge on any atom is -0.296 e. The van der Waals surface area contributed by atoms with E-state index in [4.69, 9.17) is 11.6 Å². The van der Waals surface area contributed by atoms with Gasteiger partial charge in [-0.1, -0.05) is 23.7 Å². The van der Waals surface area contributed by atoms with Crippen LogP contribution in [-0.4, -0.2) is 14.4 Å². The van der Waals surface area contributed by atoms with E-state index in [1.165, 1.54) is 30.5 Å². The number of alkyl halides is 3. The summed E-state index contributed by atoms with van der Waals surface area (Å²) in [5, 5.41) is -0.0250. The Kier molecular flexibility index (Phi) is 4.11. The van der Waals surface area contributed by atoms with E-state index in [0.29, 0.717) is 28.2 Å². The fourth-order valence-corrected chi connectivity index (χ4v) is 2.92. The number of imidazole rings is 1. The Hall–Kier alpha value is -2.93. The molecule has 3 nitrogen and oxygen atoms in total. The first-order valence-electron chi connectivity index (χ1n) is 7.79. The maximum Gasteiger partial charge on any atom is 0.416 e. The van der Waals surface area contributed by atoms with Gasteiger partial charge in [-0.25, -0.2) is 9.37 Å². The van der Waals surface area contributed by atoms with Crippen LogP contribution in [0.3, 0.4) is 0 Å². The van der Waals surface area contributed by atoms with E-state index in [-0.39, 0.29) is 5.02 Å². The zero-order valence-electron chi connectivity index (χ0n) is 13.5. The summed E-state index contributed by atoms with van der Waals surface area (Å²) >= 11 is 5.83. The van der Waals surface area contributed by atoms with Crippen molar-refractivity contribution in [3.8, 4) is 22.5 Å². The Balaban J connectivity index is 1.79. The lowest BCUT2D eigenvalue weighted by Crippen LogP contribution is -2.04. The van der Waals surface area contributed by atoms with Crippen molar-refractivity contribution in [1.82, 2.24) is 14.4 Å². The number of hydrogen-bond donors (Lipinski definition) is 0. The first-order chi connectivity index (χ1) is 12.8. The quantitative estimate of drug-likeness (QED) is 0.400. The van der Waals surface area contributed by atoms with E-state index in [1.807, 2.05) is 0 Å². The molecule has 0 radical (unpaired) electrons. The minimum absolute atomic E-state index is 0.0250.